The van der Waals surface area contributed by atoms with Crippen molar-refractivity contribution < 1.29 is 14.3 Å². The minimum Gasteiger partial charge on any atom is -0.496 e. The van der Waals surface area contributed by atoms with Gasteiger partial charge in [0.25, 0.3) is 0 Å². The number of hydrogen-bond acceptors (Lipinski definition) is 6. The van der Waals surface area contributed by atoms with E-state index in [-0.39, 0.29) is 12.1 Å². The molecule has 0 unspecified atom stereocenters. The molecule has 0 saturated carbocycles. The molecule has 170 valence electrons. The van der Waals surface area contributed by atoms with Crippen LogP contribution in [0.25, 0.3) is 0 Å². The van der Waals surface area contributed by atoms with Crippen LogP contribution in [0.2, 0.25) is 0 Å². The molecule has 7 heteroatoms. The number of anilines is 1. The van der Waals surface area contributed by atoms with Crippen LogP contribution >= 0.6 is 0 Å². The number of ether oxygens (including phenoxy) is 2. The molecule has 0 radical (unpaired) electrons. The number of carbonyl (C=O) groups excluding carboxylic acids is 1. The second-order valence-corrected chi connectivity index (χ2v) is 9.27. The summed E-state index contributed by atoms with van der Waals surface area (Å²) >= 11 is 0. The quantitative estimate of drug-likeness (QED) is 0.697. The summed E-state index contributed by atoms with van der Waals surface area (Å²) in [6, 6.07) is 6.22. The fourth-order valence-electron chi connectivity index (χ4n) is 3.68. The van der Waals surface area contributed by atoms with Gasteiger partial charge in [0.05, 0.1) is 13.7 Å². The number of carbonyl (C=O) groups is 1. The van der Waals surface area contributed by atoms with E-state index in [1.54, 1.807) is 7.11 Å². The number of nitrogens with zero attached hydrogens (tertiary/aromatic N) is 3. The summed E-state index contributed by atoms with van der Waals surface area (Å²) in [5, 5.41) is 3.38. The van der Waals surface area contributed by atoms with Gasteiger partial charge in [-0.05, 0) is 72.9 Å². The molecule has 30 heavy (non-hydrogen) atoms. The SMILES string of the molecule is COc1cccc(N(C)CCN(C)C)c1CN(C(=O)OC(C)(C)C)C1CCNCC1. The Balaban J connectivity index is 2.35. The van der Waals surface area contributed by atoms with Crippen LogP contribution in [0.4, 0.5) is 10.5 Å². The van der Waals surface area contributed by atoms with Gasteiger partial charge < -0.3 is 29.5 Å². The van der Waals surface area contributed by atoms with Crippen molar-refractivity contribution in [3.63, 3.8) is 0 Å². The Labute approximate surface area is 182 Å². The zero-order valence-corrected chi connectivity index (χ0v) is 19.8. The van der Waals surface area contributed by atoms with Crippen molar-refractivity contribution in [1.82, 2.24) is 15.1 Å². The van der Waals surface area contributed by atoms with Gasteiger partial charge in [-0.15, -0.1) is 0 Å². The highest BCUT2D eigenvalue weighted by Gasteiger charge is 2.31. The van der Waals surface area contributed by atoms with Crippen LogP contribution in [-0.4, -0.2) is 82.0 Å². The second kappa shape index (κ2) is 10.9. The van der Waals surface area contributed by atoms with Crippen LogP contribution < -0.4 is 15.0 Å². The molecule has 0 spiro atoms. The van der Waals surface area contributed by atoms with E-state index in [0.717, 1.165) is 56.0 Å². The maximum absolute atomic E-state index is 13.2. The van der Waals surface area contributed by atoms with Crippen LogP contribution in [-0.2, 0) is 11.3 Å². The highest BCUT2D eigenvalue weighted by atomic mass is 16.6. The van der Waals surface area contributed by atoms with Gasteiger partial charge in [-0.1, -0.05) is 6.07 Å². The second-order valence-electron chi connectivity index (χ2n) is 9.27. The fourth-order valence-corrected chi connectivity index (χ4v) is 3.68. The molecule has 1 aromatic rings. The summed E-state index contributed by atoms with van der Waals surface area (Å²) in [4.78, 5) is 19.5. The number of hydrogen-bond donors (Lipinski definition) is 1. The van der Waals surface area contributed by atoms with Gasteiger partial charge in [-0.3, -0.25) is 0 Å². The standard InChI is InChI=1S/C23H40N4O3/c1-23(2,3)30-22(28)27(18-11-13-24-14-12-18)17-19-20(9-8-10-21(19)29-7)26(6)16-15-25(4)5/h8-10,18,24H,11-17H2,1-7H3. The number of amides is 1. The van der Waals surface area contributed by atoms with E-state index in [0.29, 0.717) is 6.54 Å². The molecular formula is C23H40N4O3. The zero-order chi connectivity index (χ0) is 22.3. The fraction of sp³-hybridized carbons (Fsp3) is 0.696. The van der Waals surface area contributed by atoms with Crippen LogP contribution in [0.1, 0.15) is 39.2 Å². The van der Waals surface area contributed by atoms with E-state index in [2.05, 4.69) is 42.3 Å². The third kappa shape index (κ3) is 7.06. The van der Waals surface area contributed by atoms with E-state index in [1.165, 1.54) is 0 Å². The maximum Gasteiger partial charge on any atom is 0.410 e. The molecule has 1 saturated heterocycles. The molecule has 0 aliphatic carbocycles. The van der Waals surface area contributed by atoms with E-state index in [1.807, 2.05) is 37.8 Å². The van der Waals surface area contributed by atoms with E-state index >= 15 is 0 Å². The molecule has 1 heterocycles. The van der Waals surface area contributed by atoms with Gasteiger partial charge in [0.2, 0.25) is 0 Å². The Hall–Kier alpha value is -1.99. The van der Waals surface area contributed by atoms with Crippen LogP contribution in [0.5, 0.6) is 5.75 Å². The highest BCUT2D eigenvalue weighted by molar-refractivity contribution is 5.70. The van der Waals surface area contributed by atoms with Gasteiger partial charge in [-0.25, -0.2) is 4.79 Å². The van der Waals surface area contributed by atoms with Crippen molar-refractivity contribution in [2.75, 3.05) is 59.3 Å². The van der Waals surface area contributed by atoms with Gasteiger partial charge in [-0.2, -0.15) is 0 Å². The lowest BCUT2D eigenvalue weighted by molar-refractivity contribution is 0.0106. The first kappa shape index (κ1) is 24.3. The van der Waals surface area contributed by atoms with Gasteiger partial charge in [0.1, 0.15) is 11.4 Å². The number of benzene rings is 1. The van der Waals surface area contributed by atoms with Gasteiger partial charge >= 0.3 is 6.09 Å². The third-order valence-electron chi connectivity index (χ3n) is 5.33. The Morgan fingerprint density at radius 1 is 1.13 bits per heavy atom. The predicted octanol–water partition coefficient (Wildman–Crippen LogP) is 3.18. The maximum atomic E-state index is 13.2. The molecule has 0 aromatic heterocycles. The monoisotopic (exact) mass is 420 g/mol. The molecule has 2 rings (SSSR count). The largest absolute Gasteiger partial charge is 0.496 e. The minimum absolute atomic E-state index is 0.144. The Morgan fingerprint density at radius 3 is 2.37 bits per heavy atom. The van der Waals surface area contributed by atoms with Crippen molar-refractivity contribution in [3.05, 3.63) is 23.8 Å². The molecule has 1 N–H and O–H groups in total. The minimum atomic E-state index is -0.533. The first-order valence-electron chi connectivity index (χ1n) is 10.8. The average Bonchev–Trinajstić information content (AvgIpc) is 2.69. The van der Waals surface area contributed by atoms with Crippen molar-refractivity contribution in [1.29, 1.82) is 0 Å². The average molecular weight is 421 g/mol. The molecular weight excluding hydrogens is 380 g/mol. The summed E-state index contributed by atoms with van der Waals surface area (Å²) in [5.74, 6) is 0.798. The molecule has 0 atom stereocenters. The Kier molecular flexibility index (Phi) is 8.79. The summed E-state index contributed by atoms with van der Waals surface area (Å²) in [6.07, 6.45) is 1.57. The smallest absolute Gasteiger partial charge is 0.410 e. The van der Waals surface area contributed by atoms with Crippen LogP contribution in [0, 0.1) is 0 Å². The molecule has 1 fully saturated rings. The van der Waals surface area contributed by atoms with Crippen molar-refractivity contribution in [3.8, 4) is 5.75 Å². The molecule has 1 aliphatic rings. The normalized spacial score (nSPS) is 15.2. The van der Waals surface area contributed by atoms with E-state index in [9.17, 15) is 4.79 Å². The number of nitrogens with one attached hydrogen (secondary N) is 1. The van der Waals surface area contributed by atoms with Gasteiger partial charge in [0, 0.05) is 37.4 Å². The Bertz CT molecular complexity index is 682. The summed E-state index contributed by atoms with van der Waals surface area (Å²) in [6.45, 7) is 9.84. The number of piperidine rings is 1. The lowest BCUT2D eigenvalue weighted by atomic mass is 10.0. The molecule has 1 aromatic carbocycles. The third-order valence-corrected chi connectivity index (χ3v) is 5.33. The Morgan fingerprint density at radius 2 is 1.80 bits per heavy atom. The van der Waals surface area contributed by atoms with Gasteiger partial charge in [0.15, 0.2) is 0 Å². The number of methoxy groups -OCH3 is 1. The number of rotatable bonds is 8. The predicted molar refractivity (Wildman–Crippen MR) is 122 cm³/mol. The topological polar surface area (TPSA) is 57.3 Å². The lowest BCUT2D eigenvalue weighted by Crippen LogP contribution is -2.47. The first-order chi connectivity index (χ1) is 14.1. The highest BCUT2D eigenvalue weighted by Crippen LogP contribution is 2.32. The van der Waals surface area contributed by atoms with E-state index < -0.39 is 5.60 Å². The summed E-state index contributed by atoms with van der Waals surface area (Å²) in [7, 11) is 7.91. The molecule has 0 bridgehead atoms. The number of likely N-dealkylation sites (N-methyl/N-ethyl adjacent to an activating group) is 2. The van der Waals surface area contributed by atoms with E-state index in [4.69, 9.17) is 9.47 Å². The van der Waals surface area contributed by atoms with Crippen LogP contribution in [0.3, 0.4) is 0 Å². The van der Waals surface area contributed by atoms with Crippen molar-refractivity contribution in [2.45, 2.75) is 51.8 Å². The first-order valence-corrected chi connectivity index (χ1v) is 10.8. The van der Waals surface area contributed by atoms with Crippen molar-refractivity contribution >= 4 is 11.8 Å². The summed E-state index contributed by atoms with van der Waals surface area (Å²) < 4.78 is 11.5. The zero-order valence-electron chi connectivity index (χ0n) is 19.8. The molecule has 7 nitrogen and oxygen atoms in total. The summed E-state index contributed by atoms with van der Waals surface area (Å²) in [5.41, 5.74) is 1.57. The molecule has 1 aliphatic heterocycles. The van der Waals surface area contributed by atoms with Crippen molar-refractivity contribution in [2.24, 2.45) is 0 Å². The lowest BCUT2D eigenvalue weighted by Gasteiger charge is -2.37. The van der Waals surface area contributed by atoms with Crippen LogP contribution in [0.15, 0.2) is 18.2 Å². The molecule has 1 amide bonds.